The third-order valence-corrected chi connectivity index (χ3v) is 5.31. The molecule has 1 aliphatic carbocycles. The van der Waals surface area contributed by atoms with Crippen LogP contribution in [0, 0.1) is 5.92 Å². The summed E-state index contributed by atoms with van der Waals surface area (Å²) >= 11 is 1.63. The third-order valence-electron chi connectivity index (χ3n) is 4.30. The van der Waals surface area contributed by atoms with Crippen LogP contribution in [-0.2, 0) is 16.0 Å². The summed E-state index contributed by atoms with van der Waals surface area (Å²) in [4.78, 5) is 26.6. The highest BCUT2D eigenvalue weighted by Gasteiger charge is 2.35. The molecular weight excluding hydrogens is 312 g/mol. The average Bonchev–Trinajstić information content (AvgIpc) is 3.26. The summed E-state index contributed by atoms with van der Waals surface area (Å²) in [7, 11) is 1.60. The predicted octanol–water partition coefficient (Wildman–Crippen LogP) is 1.67. The van der Waals surface area contributed by atoms with Crippen LogP contribution in [0.25, 0.3) is 0 Å². The van der Waals surface area contributed by atoms with Gasteiger partial charge in [-0.05, 0) is 24.8 Å². The zero-order valence-corrected chi connectivity index (χ0v) is 14.1. The number of methoxy groups -OCH3 is 1. The summed E-state index contributed by atoms with van der Waals surface area (Å²) in [6.07, 6.45) is 2.67. The van der Waals surface area contributed by atoms with Crippen molar-refractivity contribution < 1.29 is 14.3 Å². The first-order chi connectivity index (χ1) is 11.2. The van der Waals surface area contributed by atoms with Gasteiger partial charge in [-0.15, -0.1) is 11.8 Å². The molecule has 1 saturated heterocycles. The molecule has 1 aromatic rings. The Balaban J connectivity index is 1.61. The maximum Gasteiger partial charge on any atom is 0.243 e. The van der Waals surface area contributed by atoms with Crippen LogP contribution < -0.4 is 10.1 Å². The number of nitrogens with one attached hydrogen (secondary N) is 1. The van der Waals surface area contributed by atoms with Crippen molar-refractivity contribution in [3.63, 3.8) is 0 Å². The number of amides is 2. The molecule has 2 amide bonds. The van der Waals surface area contributed by atoms with Gasteiger partial charge in [-0.25, -0.2) is 0 Å². The standard InChI is InChI=1S/C17H22N2O3S/c1-22-15-5-3-2-4-13(15)8-16(20)19-11-23-10-14(19)17(21)18-9-12-6-7-12/h2-5,12,14H,6-11H2,1H3,(H,18,21)/t14-/m1/s1. The number of rotatable bonds is 6. The van der Waals surface area contributed by atoms with E-state index in [1.807, 2.05) is 24.3 Å². The first kappa shape index (κ1) is 16.2. The van der Waals surface area contributed by atoms with Gasteiger partial charge in [0.25, 0.3) is 0 Å². The van der Waals surface area contributed by atoms with E-state index in [-0.39, 0.29) is 24.3 Å². The first-order valence-electron chi connectivity index (χ1n) is 7.96. The van der Waals surface area contributed by atoms with Gasteiger partial charge in [-0.3, -0.25) is 9.59 Å². The van der Waals surface area contributed by atoms with Crippen molar-refractivity contribution in [3.05, 3.63) is 29.8 Å². The number of hydrogen-bond acceptors (Lipinski definition) is 4. The van der Waals surface area contributed by atoms with Gasteiger partial charge >= 0.3 is 0 Å². The maximum absolute atomic E-state index is 12.6. The number of carbonyl (C=O) groups is 2. The van der Waals surface area contributed by atoms with E-state index < -0.39 is 0 Å². The molecule has 2 fully saturated rings. The molecule has 5 nitrogen and oxygen atoms in total. The van der Waals surface area contributed by atoms with Crippen LogP contribution in [0.5, 0.6) is 5.75 Å². The lowest BCUT2D eigenvalue weighted by molar-refractivity contribution is -0.137. The van der Waals surface area contributed by atoms with Crippen LogP contribution in [-0.4, -0.2) is 48.0 Å². The smallest absolute Gasteiger partial charge is 0.243 e. The van der Waals surface area contributed by atoms with E-state index in [1.165, 1.54) is 12.8 Å². The van der Waals surface area contributed by atoms with Gasteiger partial charge in [0.2, 0.25) is 11.8 Å². The van der Waals surface area contributed by atoms with E-state index in [9.17, 15) is 9.59 Å². The molecule has 0 radical (unpaired) electrons. The molecule has 1 aliphatic heterocycles. The lowest BCUT2D eigenvalue weighted by Gasteiger charge is -2.23. The Bertz CT molecular complexity index is 589. The molecule has 0 aromatic heterocycles. The topological polar surface area (TPSA) is 58.6 Å². The Morgan fingerprint density at radius 1 is 1.35 bits per heavy atom. The Hall–Kier alpha value is -1.69. The molecule has 1 heterocycles. The van der Waals surface area contributed by atoms with Crippen molar-refractivity contribution >= 4 is 23.6 Å². The van der Waals surface area contributed by atoms with Crippen molar-refractivity contribution in [2.24, 2.45) is 5.92 Å². The van der Waals surface area contributed by atoms with Gasteiger partial charge in [-0.2, -0.15) is 0 Å². The van der Waals surface area contributed by atoms with Gasteiger partial charge in [0, 0.05) is 17.9 Å². The number of thioether (sulfide) groups is 1. The molecule has 1 atom stereocenters. The highest BCUT2D eigenvalue weighted by molar-refractivity contribution is 7.99. The zero-order valence-electron chi connectivity index (χ0n) is 13.3. The Morgan fingerprint density at radius 3 is 2.87 bits per heavy atom. The van der Waals surface area contributed by atoms with E-state index >= 15 is 0 Å². The molecule has 23 heavy (non-hydrogen) atoms. The largest absolute Gasteiger partial charge is 0.496 e. The summed E-state index contributed by atoms with van der Waals surface area (Å²) in [5, 5.41) is 2.99. The number of ether oxygens (including phenoxy) is 1. The minimum Gasteiger partial charge on any atom is -0.496 e. The first-order valence-corrected chi connectivity index (χ1v) is 9.11. The van der Waals surface area contributed by atoms with Crippen molar-refractivity contribution in [3.8, 4) is 5.75 Å². The highest BCUT2D eigenvalue weighted by Crippen LogP contribution is 2.28. The second kappa shape index (κ2) is 7.25. The minimum absolute atomic E-state index is 0.0183. The predicted molar refractivity (Wildman–Crippen MR) is 90.4 cm³/mol. The second-order valence-corrected chi connectivity index (χ2v) is 7.06. The summed E-state index contributed by atoms with van der Waals surface area (Å²) in [6, 6.07) is 7.17. The molecule has 2 aliphatic rings. The summed E-state index contributed by atoms with van der Waals surface area (Å²) in [5.74, 6) is 2.57. The zero-order chi connectivity index (χ0) is 16.2. The van der Waals surface area contributed by atoms with Gasteiger partial charge in [-0.1, -0.05) is 18.2 Å². The van der Waals surface area contributed by atoms with Crippen LogP contribution in [0.4, 0.5) is 0 Å². The number of nitrogens with zero attached hydrogens (tertiary/aromatic N) is 1. The molecular formula is C17H22N2O3S. The van der Waals surface area contributed by atoms with Crippen molar-refractivity contribution in [2.45, 2.75) is 25.3 Å². The lowest BCUT2D eigenvalue weighted by Crippen LogP contribution is -2.48. The molecule has 124 valence electrons. The van der Waals surface area contributed by atoms with Crippen molar-refractivity contribution in [1.82, 2.24) is 10.2 Å². The normalized spacial score (nSPS) is 20.4. The Labute approximate surface area is 140 Å². The van der Waals surface area contributed by atoms with Crippen LogP contribution >= 0.6 is 11.8 Å². The summed E-state index contributed by atoms with van der Waals surface area (Å²) in [6.45, 7) is 0.745. The molecule has 1 saturated carbocycles. The third kappa shape index (κ3) is 3.99. The number of hydrogen-bond donors (Lipinski definition) is 1. The fraction of sp³-hybridized carbons (Fsp3) is 0.529. The van der Waals surface area contributed by atoms with Gasteiger partial charge in [0.05, 0.1) is 19.4 Å². The lowest BCUT2D eigenvalue weighted by atomic mass is 10.1. The SMILES string of the molecule is COc1ccccc1CC(=O)N1CSC[C@@H]1C(=O)NCC1CC1. The molecule has 0 spiro atoms. The highest BCUT2D eigenvalue weighted by atomic mass is 32.2. The van der Waals surface area contributed by atoms with Gasteiger partial charge < -0.3 is 15.0 Å². The molecule has 1 N–H and O–H groups in total. The fourth-order valence-corrected chi connectivity index (χ4v) is 3.88. The maximum atomic E-state index is 12.6. The van der Waals surface area contributed by atoms with Crippen LogP contribution in [0.1, 0.15) is 18.4 Å². The Morgan fingerprint density at radius 2 is 2.13 bits per heavy atom. The number of carbonyl (C=O) groups excluding carboxylic acids is 2. The van der Waals surface area contributed by atoms with Crippen LogP contribution in [0.3, 0.4) is 0 Å². The number of para-hydroxylation sites is 1. The number of benzene rings is 1. The minimum atomic E-state index is -0.346. The van der Waals surface area contributed by atoms with Gasteiger partial charge in [0.15, 0.2) is 0 Å². The summed E-state index contributed by atoms with van der Waals surface area (Å²) in [5.41, 5.74) is 0.856. The molecule has 0 bridgehead atoms. The van der Waals surface area contributed by atoms with E-state index in [1.54, 1.807) is 23.8 Å². The molecule has 1 aromatic carbocycles. The van der Waals surface area contributed by atoms with Crippen LogP contribution in [0.2, 0.25) is 0 Å². The molecule has 0 unspecified atom stereocenters. The Kier molecular flexibility index (Phi) is 5.10. The van der Waals surface area contributed by atoms with E-state index in [0.29, 0.717) is 23.3 Å². The second-order valence-electron chi connectivity index (χ2n) is 6.06. The summed E-state index contributed by atoms with van der Waals surface area (Å²) < 4.78 is 5.30. The van der Waals surface area contributed by atoms with E-state index in [0.717, 1.165) is 12.1 Å². The monoisotopic (exact) mass is 334 g/mol. The van der Waals surface area contributed by atoms with E-state index in [2.05, 4.69) is 5.32 Å². The van der Waals surface area contributed by atoms with Gasteiger partial charge in [0.1, 0.15) is 11.8 Å². The molecule has 6 heteroatoms. The molecule has 3 rings (SSSR count). The quantitative estimate of drug-likeness (QED) is 0.860. The van der Waals surface area contributed by atoms with Crippen LogP contribution in [0.15, 0.2) is 24.3 Å². The fourth-order valence-electron chi connectivity index (χ4n) is 2.70. The van der Waals surface area contributed by atoms with E-state index in [4.69, 9.17) is 4.74 Å². The van der Waals surface area contributed by atoms with Crippen molar-refractivity contribution in [2.75, 3.05) is 25.3 Å². The van der Waals surface area contributed by atoms with Crippen molar-refractivity contribution in [1.29, 1.82) is 0 Å². The average molecular weight is 334 g/mol.